The number of hydrogen-bond acceptors (Lipinski definition) is 4. The van der Waals surface area contributed by atoms with E-state index in [-0.39, 0.29) is 0 Å². The third-order valence-corrected chi connectivity index (χ3v) is 4.21. The van der Waals surface area contributed by atoms with Crippen molar-refractivity contribution < 1.29 is 0 Å². The molecule has 0 amide bonds. The third-order valence-electron chi connectivity index (χ3n) is 4.21. The molecule has 0 aromatic carbocycles. The highest BCUT2D eigenvalue weighted by atomic mass is 15.3. The minimum atomic E-state index is 0.333. The Balaban J connectivity index is 1.71. The Hall–Kier alpha value is -2.81. The summed E-state index contributed by atoms with van der Waals surface area (Å²) in [6.07, 6.45) is 7.88. The first kappa shape index (κ1) is 12.9. The lowest BCUT2D eigenvalue weighted by Gasteiger charge is -2.33. The van der Waals surface area contributed by atoms with Crippen LogP contribution in [0.3, 0.4) is 0 Å². The molecule has 6 nitrogen and oxygen atoms in total. The molecule has 1 atom stereocenters. The van der Waals surface area contributed by atoms with E-state index in [9.17, 15) is 5.26 Å². The molecular formula is C16H16N6. The molecule has 0 spiro atoms. The molecule has 0 aliphatic carbocycles. The second-order valence-corrected chi connectivity index (χ2v) is 5.55. The van der Waals surface area contributed by atoms with Crippen molar-refractivity contribution in [2.24, 2.45) is 0 Å². The van der Waals surface area contributed by atoms with Crippen LogP contribution in [0.5, 0.6) is 0 Å². The molecule has 4 rings (SSSR count). The first-order valence-electron chi connectivity index (χ1n) is 7.48. The van der Waals surface area contributed by atoms with Crippen LogP contribution < -0.4 is 4.90 Å². The van der Waals surface area contributed by atoms with E-state index in [0.717, 1.165) is 37.4 Å². The summed E-state index contributed by atoms with van der Waals surface area (Å²) in [6.45, 7) is 1.76. The summed E-state index contributed by atoms with van der Waals surface area (Å²) < 4.78 is 3.86. The van der Waals surface area contributed by atoms with E-state index in [0.29, 0.717) is 11.7 Å². The molecule has 6 heteroatoms. The predicted octanol–water partition coefficient (Wildman–Crippen LogP) is 2.24. The van der Waals surface area contributed by atoms with E-state index >= 15 is 0 Å². The Morgan fingerprint density at radius 2 is 2.18 bits per heavy atom. The second-order valence-electron chi connectivity index (χ2n) is 5.55. The van der Waals surface area contributed by atoms with E-state index in [1.54, 1.807) is 0 Å². The van der Waals surface area contributed by atoms with Gasteiger partial charge in [0, 0.05) is 31.7 Å². The van der Waals surface area contributed by atoms with Crippen molar-refractivity contribution in [2.75, 3.05) is 18.0 Å². The number of hydrogen-bond donors (Lipinski definition) is 0. The Bertz CT molecular complexity index is 826. The fourth-order valence-corrected chi connectivity index (χ4v) is 3.17. The van der Waals surface area contributed by atoms with E-state index < -0.39 is 0 Å². The molecule has 0 N–H and O–H groups in total. The molecule has 0 bridgehead atoms. The van der Waals surface area contributed by atoms with E-state index in [2.05, 4.69) is 21.1 Å². The molecule has 110 valence electrons. The maximum absolute atomic E-state index is 9.53. The lowest BCUT2D eigenvalue weighted by molar-refractivity contribution is 0.375. The van der Waals surface area contributed by atoms with Crippen molar-refractivity contribution >= 4 is 11.5 Å². The Morgan fingerprint density at radius 1 is 1.23 bits per heavy atom. The van der Waals surface area contributed by atoms with Crippen LogP contribution in [-0.4, -0.2) is 32.3 Å². The molecular weight excluding hydrogens is 276 g/mol. The Kier molecular flexibility index (Phi) is 3.04. The molecule has 1 aliphatic heterocycles. The molecule has 1 aliphatic rings. The summed E-state index contributed by atoms with van der Waals surface area (Å²) in [5.41, 5.74) is 1.42. The summed E-state index contributed by atoms with van der Waals surface area (Å²) >= 11 is 0. The number of piperidine rings is 1. The second kappa shape index (κ2) is 5.19. The topological polar surface area (TPSA) is 62.2 Å². The van der Waals surface area contributed by atoms with Crippen molar-refractivity contribution in [1.29, 1.82) is 5.26 Å². The average Bonchev–Trinajstić information content (AvgIpc) is 3.22. The quantitative estimate of drug-likeness (QED) is 0.726. The molecule has 0 radical (unpaired) electrons. The number of nitrogens with zero attached hydrogens (tertiary/aromatic N) is 6. The molecule has 1 unspecified atom stereocenters. The molecule has 4 heterocycles. The monoisotopic (exact) mass is 292 g/mol. The lowest BCUT2D eigenvalue weighted by Crippen LogP contribution is -2.37. The number of aromatic nitrogens is 4. The van der Waals surface area contributed by atoms with Crippen LogP contribution in [0, 0.1) is 11.3 Å². The predicted molar refractivity (Wildman–Crippen MR) is 82.6 cm³/mol. The summed E-state index contributed by atoms with van der Waals surface area (Å²) in [5.74, 6) is 0.783. The van der Waals surface area contributed by atoms with Crippen LogP contribution in [0.1, 0.15) is 24.6 Å². The highest BCUT2D eigenvalue weighted by Gasteiger charge is 2.26. The molecule has 1 fully saturated rings. The summed E-state index contributed by atoms with van der Waals surface area (Å²) in [7, 11) is 0. The normalized spacial score (nSPS) is 18.5. The number of anilines is 1. The maximum Gasteiger partial charge on any atom is 0.169 e. The van der Waals surface area contributed by atoms with Crippen LogP contribution in [0.2, 0.25) is 0 Å². The zero-order chi connectivity index (χ0) is 14.9. The van der Waals surface area contributed by atoms with Gasteiger partial charge in [0.05, 0.1) is 6.04 Å². The standard InChI is InChI=1S/C16H16N6/c17-11-14-16(19-15-6-1-2-9-21(14)15)20-8-3-5-13(12-20)22-10-4-7-18-22/h1-2,4,6-7,9-10,13H,3,5,8,12H2. The van der Waals surface area contributed by atoms with Crippen molar-refractivity contribution in [3.8, 4) is 6.07 Å². The first-order valence-corrected chi connectivity index (χ1v) is 7.48. The van der Waals surface area contributed by atoms with Crippen molar-refractivity contribution in [3.63, 3.8) is 0 Å². The summed E-state index contributed by atoms with van der Waals surface area (Å²) in [6, 6.07) is 10.4. The van der Waals surface area contributed by atoms with Gasteiger partial charge in [-0.1, -0.05) is 6.07 Å². The van der Waals surface area contributed by atoms with Crippen LogP contribution >= 0.6 is 0 Å². The van der Waals surface area contributed by atoms with Gasteiger partial charge in [0.2, 0.25) is 0 Å². The highest BCUT2D eigenvalue weighted by molar-refractivity contribution is 5.60. The smallest absolute Gasteiger partial charge is 0.169 e. The number of nitriles is 1. The van der Waals surface area contributed by atoms with Gasteiger partial charge in [0.1, 0.15) is 11.7 Å². The van der Waals surface area contributed by atoms with Gasteiger partial charge in [0.25, 0.3) is 0 Å². The number of pyridine rings is 1. The fraction of sp³-hybridized carbons (Fsp3) is 0.312. The largest absolute Gasteiger partial charge is 0.352 e. The number of fused-ring (bicyclic) bond motifs is 1. The lowest BCUT2D eigenvalue weighted by atomic mass is 10.1. The van der Waals surface area contributed by atoms with E-state index in [1.807, 2.05) is 51.9 Å². The Morgan fingerprint density at radius 3 is 3.00 bits per heavy atom. The van der Waals surface area contributed by atoms with Crippen molar-refractivity contribution in [1.82, 2.24) is 19.2 Å². The van der Waals surface area contributed by atoms with E-state index in [4.69, 9.17) is 0 Å². The third kappa shape index (κ3) is 2.02. The van der Waals surface area contributed by atoms with Crippen LogP contribution in [0.4, 0.5) is 5.82 Å². The minimum absolute atomic E-state index is 0.333. The molecule has 22 heavy (non-hydrogen) atoms. The maximum atomic E-state index is 9.53. The number of rotatable bonds is 2. The van der Waals surface area contributed by atoms with Gasteiger partial charge >= 0.3 is 0 Å². The van der Waals surface area contributed by atoms with E-state index in [1.165, 1.54) is 0 Å². The van der Waals surface area contributed by atoms with Gasteiger partial charge in [-0.25, -0.2) is 4.98 Å². The van der Waals surface area contributed by atoms with Crippen molar-refractivity contribution in [3.05, 3.63) is 48.5 Å². The van der Waals surface area contributed by atoms with Crippen molar-refractivity contribution in [2.45, 2.75) is 18.9 Å². The average molecular weight is 292 g/mol. The van der Waals surface area contributed by atoms with Gasteiger partial charge in [-0.05, 0) is 31.0 Å². The van der Waals surface area contributed by atoms with Gasteiger partial charge < -0.3 is 4.90 Å². The fourth-order valence-electron chi connectivity index (χ4n) is 3.17. The first-order chi connectivity index (χ1) is 10.9. The molecule has 0 saturated carbocycles. The van der Waals surface area contributed by atoms with Gasteiger partial charge in [-0.2, -0.15) is 10.4 Å². The Labute approximate surface area is 128 Å². The van der Waals surface area contributed by atoms with Crippen LogP contribution in [0.15, 0.2) is 42.9 Å². The minimum Gasteiger partial charge on any atom is -0.352 e. The molecule has 3 aromatic rings. The molecule has 1 saturated heterocycles. The van der Waals surface area contributed by atoms with Crippen LogP contribution in [0.25, 0.3) is 5.65 Å². The zero-order valence-electron chi connectivity index (χ0n) is 12.1. The SMILES string of the molecule is N#Cc1c(N2CCCC(n3cccn3)C2)nc2ccccn12. The van der Waals surface area contributed by atoms with Gasteiger partial charge in [0.15, 0.2) is 11.5 Å². The summed E-state index contributed by atoms with van der Waals surface area (Å²) in [5, 5.41) is 13.9. The van der Waals surface area contributed by atoms with Gasteiger partial charge in [-0.15, -0.1) is 0 Å². The highest BCUT2D eigenvalue weighted by Crippen LogP contribution is 2.28. The summed E-state index contributed by atoms with van der Waals surface area (Å²) in [4.78, 5) is 6.87. The number of imidazole rings is 1. The zero-order valence-corrected chi connectivity index (χ0v) is 12.1. The molecule has 3 aromatic heterocycles. The van der Waals surface area contributed by atoms with Crippen LogP contribution in [-0.2, 0) is 0 Å². The van der Waals surface area contributed by atoms with Gasteiger partial charge in [-0.3, -0.25) is 9.08 Å².